The zero-order valence-electron chi connectivity index (χ0n) is 14.2. The summed E-state index contributed by atoms with van der Waals surface area (Å²) in [5.74, 6) is 0. The fraction of sp³-hybridized carbons (Fsp3) is 0.400. The van der Waals surface area contributed by atoms with E-state index in [0.717, 1.165) is 17.1 Å². The van der Waals surface area contributed by atoms with Crippen LogP contribution in [0.15, 0.2) is 42.5 Å². The summed E-state index contributed by atoms with van der Waals surface area (Å²) in [4.78, 5) is 0. The molecule has 2 rings (SSSR count). The third-order valence-electron chi connectivity index (χ3n) is 4.22. The molecule has 0 amide bonds. The molecule has 0 heterocycles. The van der Waals surface area contributed by atoms with Crippen LogP contribution in [-0.2, 0) is 17.3 Å². The second-order valence-electron chi connectivity index (χ2n) is 7.74. The first-order valence-electron chi connectivity index (χ1n) is 7.74. The van der Waals surface area contributed by atoms with Crippen LogP contribution in [0.2, 0.25) is 5.02 Å². The van der Waals surface area contributed by atoms with E-state index in [1.165, 1.54) is 16.7 Å². The van der Waals surface area contributed by atoms with Crippen LogP contribution in [0.1, 0.15) is 51.3 Å². The van der Waals surface area contributed by atoms with Gasteiger partial charge < -0.3 is 5.73 Å². The zero-order chi connectivity index (χ0) is 16.5. The molecule has 2 N–H and O–H groups in total. The van der Waals surface area contributed by atoms with Gasteiger partial charge in [-0.3, -0.25) is 0 Å². The molecule has 2 aromatic rings. The highest BCUT2D eigenvalue weighted by molar-refractivity contribution is 6.31. The van der Waals surface area contributed by atoms with Gasteiger partial charge in [-0.05, 0) is 52.1 Å². The Morgan fingerprint density at radius 1 is 0.909 bits per heavy atom. The molecule has 0 saturated heterocycles. The SMILES string of the molecule is CC(C)(C)c1ccc(CC(C)(C)c2cccc(N)c2)c(Cl)c1. The lowest BCUT2D eigenvalue weighted by molar-refractivity contribution is 0.522. The molecule has 0 unspecified atom stereocenters. The van der Waals surface area contributed by atoms with E-state index in [1.54, 1.807) is 0 Å². The topological polar surface area (TPSA) is 26.0 Å². The summed E-state index contributed by atoms with van der Waals surface area (Å²) < 4.78 is 0. The second kappa shape index (κ2) is 5.96. The van der Waals surface area contributed by atoms with E-state index in [1.807, 2.05) is 12.1 Å². The van der Waals surface area contributed by atoms with Crippen LogP contribution in [0.25, 0.3) is 0 Å². The summed E-state index contributed by atoms with van der Waals surface area (Å²) >= 11 is 6.54. The summed E-state index contributed by atoms with van der Waals surface area (Å²) in [5, 5.41) is 0.851. The van der Waals surface area contributed by atoms with Crippen molar-refractivity contribution in [1.29, 1.82) is 0 Å². The first-order valence-corrected chi connectivity index (χ1v) is 8.12. The van der Waals surface area contributed by atoms with Crippen LogP contribution in [-0.4, -0.2) is 0 Å². The van der Waals surface area contributed by atoms with Crippen molar-refractivity contribution in [3.63, 3.8) is 0 Å². The summed E-state index contributed by atoms with van der Waals surface area (Å²) in [6.07, 6.45) is 0.889. The quantitative estimate of drug-likeness (QED) is 0.718. The standard InChI is InChI=1S/C20H26ClN/c1-19(2,3)15-10-9-14(18(21)12-15)13-20(4,5)16-7-6-8-17(22)11-16/h6-12H,13,22H2,1-5H3. The van der Waals surface area contributed by atoms with Gasteiger partial charge in [-0.1, -0.05) is 70.5 Å². The molecule has 0 bridgehead atoms. The van der Waals surface area contributed by atoms with Gasteiger partial charge in [-0.25, -0.2) is 0 Å². The first-order chi connectivity index (χ1) is 10.1. The van der Waals surface area contributed by atoms with Crippen LogP contribution in [0.4, 0.5) is 5.69 Å². The largest absolute Gasteiger partial charge is 0.399 e. The maximum absolute atomic E-state index is 6.54. The minimum atomic E-state index is -0.0116. The molecular weight excluding hydrogens is 290 g/mol. The molecule has 22 heavy (non-hydrogen) atoms. The predicted molar refractivity (Wildman–Crippen MR) is 97.7 cm³/mol. The lowest BCUT2D eigenvalue weighted by atomic mass is 9.78. The number of hydrogen-bond acceptors (Lipinski definition) is 1. The van der Waals surface area contributed by atoms with Crippen molar-refractivity contribution >= 4 is 17.3 Å². The fourth-order valence-electron chi connectivity index (χ4n) is 2.70. The van der Waals surface area contributed by atoms with Crippen molar-refractivity contribution in [2.45, 2.75) is 51.9 Å². The molecule has 0 fully saturated rings. The van der Waals surface area contributed by atoms with Crippen molar-refractivity contribution < 1.29 is 0 Å². The Morgan fingerprint density at radius 2 is 1.59 bits per heavy atom. The third kappa shape index (κ3) is 3.84. The maximum Gasteiger partial charge on any atom is 0.0441 e. The smallest absolute Gasteiger partial charge is 0.0441 e. The molecule has 0 aliphatic rings. The zero-order valence-corrected chi connectivity index (χ0v) is 15.0. The van der Waals surface area contributed by atoms with E-state index < -0.39 is 0 Å². The number of halogens is 1. The number of nitrogens with two attached hydrogens (primary N) is 1. The lowest BCUT2D eigenvalue weighted by Gasteiger charge is -2.27. The van der Waals surface area contributed by atoms with E-state index in [2.05, 4.69) is 65.0 Å². The first kappa shape index (κ1) is 16.9. The Hall–Kier alpha value is -1.47. The summed E-state index contributed by atoms with van der Waals surface area (Å²) in [6, 6.07) is 14.6. The van der Waals surface area contributed by atoms with Gasteiger partial charge in [0, 0.05) is 10.7 Å². The maximum atomic E-state index is 6.54. The molecule has 2 heteroatoms. The molecular formula is C20H26ClN. The van der Waals surface area contributed by atoms with Gasteiger partial charge in [0.05, 0.1) is 0 Å². The molecule has 0 aliphatic heterocycles. The monoisotopic (exact) mass is 315 g/mol. The number of nitrogen functional groups attached to an aromatic ring is 1. The van der Waals surface area contributed by atoms with E-state index >= 15 is 0 Å². The van der Waals surface area contributed by atoms with Gasteiger partial charge in [-0.15, -0.1) is 0 Å². The highest BCUT2D eigenvalue weighted by atomic mass is 35.5. The molecule has 0 saturated carbocycles. The van der Waals surface area contributed by atoms with Crippen LogP contribution >= 0.6 is 11.6 Å². The van der Waals surface area contributed by atoms with Crippen LogP contribution in [0.3, 0.4) is 0 Å². The lowest BCUT2D eigenvalue weighted by Crippen LogP contribution is -2.21. The van der Waals surface area contributed by atoms with E-state index in [9.17, 15) is 0 Å². The summed E-state index contributed by atoms with van der Waals surface area (Å²) in [7, 11) is 0. The predicted octanol–water partition coefficient (Wildman–Crippen LogP) is 5.74. The normalized spacial score (nSPS) is 12.5. The number of rotatable bonds is 3. The van der Waals surface area contributed by atoms with Crippen molar-refractivity contribution in [2.24, 2.45) is 0 Å². The van der Waals surface area contributed by atoms with Crippen LogP contribution < -0.4 is 5.73 Å². The van der Waals surface area contributed by atoms with Gasteiger partial charge in [-0.2, -0.15) is 0 Å². The average molecular weight is 316 g/mol. The summed E-state index contributed by atoms with van der Waals surface area (Å²) in [5.41, 5.74) is 10.5. The molecule has 0 aliphatic carbocycles. The van der Waals surface area contributed by atoms with E-state index in [-0.39, 0.29) is 10.8 Å². The summed E-state index contributed by atoms with van der Waals surface area (Å²) in [6.45, 7) is 11.1. The Kier molecular flexibility index (Phi) is 4.58. The van der Waals surface area contributed by atoms with E-state index in [0.29, 0.717) is 0 Å². The fourth-order valence-corrected chi connectivity index (χ4v) is 2.94. The molecule has 0 radical (unpaired) electrons. The molecule has 1 nitrogen and oxygen atoms in total. The van der Waals surface area contributed by atoms with Gasteiger partial charge in [0.25, 0.3) is 0 Å². The number of anilines is 1. The average Bonchev–Trinajstić information content (AvgIpc) is 2.40. The second-order valence-corrected chi connectivity index (χ2v) is 8.15. The van der Waals surface area contributed by atoms with Crippen molar-refractivity contribution in [1.82, 2.24) is 0 Å². The Morgan fingerprint density at radius 3 is 2.14 bits per heavy atom. The molecule has 118 valence electrons. The molecule has 0 aromatic heterocycles. The van der Waals surface area contributed by atoms with Gasteiger partial charge >= 0.3 is 0 Å². The van der Waals surface area contributed by atoms with Gasteiger partial charge in [0.15, 0.2) is 0 Å². The Labute approximate surface area is 139 Å². The number of hydrogen-bond donors (Lipinski definition) is 1. The Bertz CT molecular complexity index is 666. The van der Waals surface area contributed by atoms with Gasteiger partial charge in [0.2, 0.25) is 0 Å². The van der Waals surface area contributed by atoms with Gasteiger partial charge in [0.1, 0.15) is 0 Å². The molecule has 0 atom stereocenters. The molecule has 2 aromatic carbocycles. The molecule has 0 spiro atoms. The van der Waals surface area contributed by atoms with E-state index in [4.69, 9.17) is 17.3 Å². The minimum Gasteiger partial charge on any atom is -0.399 e. The highest BCUT2D eigenvalue weighted by Crippen LogP contribution is 2.33. The van der Waals surface area contributed by atoms with Crippen molar-refractivity contribution in [3.8, 4) is 0 Å². The highest BCUT2D eigenvalue weighted by Gasteiger charge is 2.23. The van der Waals surface area contributed by atoms with Crippen LogP contribution in [0.5, 0.6) is 0 Å². The minimum absolute atomic E-state index is 0.0116. The number of benzene rings is 2. The van der Waals surface area contributed by atoms with Crippen molar-refractivity contribution in [2.75, 3.05) is 5.73 Å². The third-order valence-corrected chi connectivity index (χ3v) is 4.57. The van der Waals surface area contributed by atoms with Crippen molar-refractivity contribution in [3.05, 3.63) is 64.2 Å². The Balaban J connectivity index is 2.30. The van der Waals surface area contributed by atoms with Crippen LogP contribution in [0, 0.1) is 0 Å².